The van der Waals surface area contributed by atoms with Crippen LogP contribution >= 0.6 is 11.3 Å². The fraction of sp³-hybridized carbons (Fsp3) is 0.267. The molecule has 0 saturated carbocycles. The molecule has 1 aliphatic rings. The highest BCUT2D eigenvalue weighted by Crippen LogP contribution is 2.29. The largest absolute Gasteiger partial charge is 0.310 e. The van der Waals surface area contributed by atoms with Crippen molar-refractivity contribution < 1.29 is 9.18 Å². The molecule has 1 N–H and O–H groups in total. The molecule has 112 valence electrons. The summed E-state index contributed by atoms with van der Waals surface area (Å²) in [6.45, 7) is 1.06. The lowest BCUT2D eigenvalue weighted by atomic mass is 10.1. The van der Waals surface area contributed by atoms with Crippen LogP contribution in [0.25, 0.3) is 10.4 Å². The molecule has 2 aromatic rings. The van der Waals surface area contributed by atoms with Gasteiger partial charge in [0, 0.05) is 19.3 Å². The zero-order chi connectivity index (χ0) is 15.5. The quantitative estimate of drug-likeness (QED) is 0.884. The molecule has 1 saturated heterocycles. The number of nitriles is 1. The maximum atomic E-state index is 13.2. The molecule has 1 unspecified atom stereocenters. The number of aromatic nitrogens is 1. The lowest BCUT2D eigenvalue weighted by Gasteiger charge is -2.08. The number of hydrogen-bond acceptors (Lipinski definition) is 5. The molecular formula is C15H13FN4OS. The monoisotopic (exact) mass is 316 g/mol. The number of halogens is 1. The Morgan fingerprint density at radius 1 is 1.55 bits per heavy atom. The maximum absolute atomic E-state index is 13.2. The summed E-state index contributed by atoms with van der Waals surface area (Å²) in [5.41, 5.74) is 0.731. The molecular weight excluding hydrogens is 303 g/mol. The van der Waals surface area contributed by atoms with E-state index in [2.05, 4.69) is 10.3 Å². The molecule has 1 amide bonds. The minimum absolute atomic E-state index is 0.127. The van der Waals surface area contributed by atoms with E-state index in [0.717, 1.165) is 10.4 Å². The number of rotatable bonds is 3. The molecule has 2 heterocycles. The minimum atomic E-state index is -0.306. The van der Waals surface area contributed by atoms with E-state index >= 15 is 0 Å². The van der Waals surface area contributed by atoms with E-state index in [-0.39, 0.29) is 17.6 Å². The second kappa shape index (κ2) is 6.12. The van der Waals surface area contributed by atoms with Gasteiger partial charge in [-0.2, -0.15) is 5.26 Å². The fourth-order valence-corrected chi connectivity index (χ4v) is 3.20. The summed E-state index contributed by atoms with van der Waals surface area (Å²) in [5, 5.41) is 12.1. The first-order chi connectivity index (χ1) is 10.7. The molecule has 1 aliphatic heterocycles. The van der Waals surface area contributed by atoms with Crippen LogP contribution in [-0.2, 0) is 4.79 Å². The van der Waals surface area contributed by atoms with Gasteiger partial charge in [0.05, 0.1) is 10.8 Å². The Morgan fingerprint density at radius 2 is 2.41 bits per heavy atom. The zero-order valence-electron chi connectivity index (χ0n) is 11.6. The van der Waals surface area contributed by atoms with Crippen molar-refractivity contribution in [3.8, 4) is 16.6 Å². The predicted molar refractivity (Wildman–Crippen MR) is 81.4 cm³/mol. The smallest absolute Gasteiger partial charge is 0.231 e. The number of anilines is 1. The topological polar surface area (TPSA) is 69.0 Å². The summed E-state index contributed by atoms with van der Waals surface area (Å²) >= 11 is 1.30. The summed E-state index contributed by atoms with van der Waals surface area (Å²) < 4.78 is 13.2. The van der Waals surface area contributed by atoms with Gasteiger partial charge in [0.15, 0.2) is 11.3 Å². The standard InChI is InChI=1S/C15H13FN4OS/c16-12-3-1-2-10(6-12)13-7-18-15(22-13)19-14(21)11-4-5-20(8-11)9-17/h1-3,6-7,11H,4-5,8H2,(H,18,19,21). The molecule has 22 heavy (non-hydrogen) atoms. The van der Waals surface area contributed by atoms with E-state index in [9.17, 15) is 9.18 Å². The van der Waals surface area contributed by atoms with Crippen LogP contribution in [0.5, 0.6) is 0 Å². The number of likely N-dealkylation sites (tertiary alicyclic amines) is 1. The third kappa shape index (κ3) is 3.07. The van der Waals surface area contributed by atoms with Gasteiger partial charge in [-0.05, 0) is 24.1 Å². The van der Waals surface area contributed by atoms with Crippen molar-refractivity contribution >= 4 is 22.4 Å². The normalized spacial score (nSPS) is 17.3. The molecule has 7 heteroatoms. The van der Waals surface area contributed by atoms with E-state index in [4.69, 9.17) is 5.26 Å². The van der Waals surface area contributed by atoms with Crippen LogP contribution in [-0.4, -0.2) is 28.9 Å². The van der Waals surface area contributed by atoms with E-state index < -0.39 is 0 Å². The molecule has 0 spiro atoms. The molecule has 5 nitrogen and oxygen atoms in total. The summed E-state index contributed by atoms with van der Waals surface area (Å²) in [6.07, 6.45) is 4.33. The average molecular weight is 316 g/mol. The SMILES string of the molecule is N#CN1CCC(C(=O)Nc2ncc(-c3cccc(F)c3)s2)C1. The molecule has 0 bridgehead atoms. The van der Waals surface area contributed by atoms with Crippen LogP contribution < -0.4 is 5.32 Å². The number of hydrogen-bond donors (Lipinski definition) is 1. The highest BCUT2D eigenvalue weighted by Gasteiger charge is 2.28. The fourth-order valence-electron chi connectivity index (χ4n) is 2.38. The van der Waals surface area contributed by atoms with Gasteiger partial charge in [0.2, 0.25) is 5.91 Å². The zero-order valence-corrected chi connectivity index (χ0v) is 12.4. The molecule has 1 fully saturated rings. The van der Waals surface area contributed by atoms with Gasteiger partial charge in [0.25, 0.3) is 0 Å². The lowest BCUT2D eigenvalue weighted by molar-refractivity contribution is -0.119. The van der Waals surface area contributed by atoms with Crippen molar-refractivity contribution in [2.24, 2.45) is 5.92 Å². The van der Waals surface area contributed by atoms with E-state index in [1.54, 1.807) is 23.2 Å². The molecule has 1 aromatic heterocycles. The Morgan fingerprint density at radius 3 is 3.14 bits per heavy atom. The van der Waals surface area contributed by atoms with Crippen LogP contribution in [0.2, 0.25) is 0 Å². The van der Waals surface area contributed by atoms with Crippen LogP contribution in [0.1, 0.15) is 6.42 Å². The number of thiazole rings is 1. The van der Waals surface area contributed by atoms with Gasteiger partial charge in [0.1, 0.15) is 5.82 Å². The highest BCUT2D eigenvalue weighted by atomic mass is 32.1. The van der Waals surface area contributed by atoms with Crippen molar-refractivity contribution in [1.82, 2.24) is 9.88 Å². The molecule has 1 atom stereocenters. The van der Waals surface area contributed by atoms with Crippen molar-refractivity contribution in [3.05, 3.63) is 36.3 Å². The molecule has 0 radical (unpaired) electrons. The minimum Gasteiger partial charge on any atom is -0.310 e. The first-order valence-electron chi connectivity index (χ1n) is 6.83. The number of benzene rings is 1. The summed E-state index contributed by atoms with van der Waals surface area (Å²) in [6, 6.07) is 6.25. The molecule has 0 aliphatic carbocycles. The van der Waals surface area contributed by atoms with E-state index in [1.165, 1.54) is 23.5 Å². The van der Waals surface area contributed by atoms with Gasteiger partial charge < -0.3 is 10.2 Å². The van der Waals surface area contributed by atoms with Gasteiger partial charge >= 0.3 is 0 Å². The van der Waals surface area contributed by atoms with Gasteiger partial charge in [-0.15, -0.1) is 0 Å². The molecule has 3 rings (SSSR count). The van der Waals surface area contributed by atoms with Crippen molar-refractivity contribution in [3.63, 3.8) is 0 Å². The number of amides is 1. The number of nitrogens with one attached hydrogen (secondary N) is 1. The lowest BCUT2D eigenvalue weighted by Crippen LogP contribution is -2.25. The third-order valence-electron chi connectivity index (χ3n) is 3.55. The molecule has 1 aromatic carbocycles. The van der Waals surface area contributed by atoms with Gasteiger partial charge in [-0.3, -0.25) is 4.79 Å². The number of carbonyl (C=O) groups excluding carboxylic acids is 1. The Bertz CT molecular complexity index is 739. The second-order valence-corrected chi connectivity index (χ2v) is 6.09. The summed E-state index contributed by atoms with van der Waals surface area (Å²) in [7, 11) is 0. The van der Waals surface area contributed by atoms with Crippen LogP contribution in [0.15, 0.2) is 30.5 Å². The Kier molecular flexibility index (Phi) is 4.02. The van der Waals surface area contributed by atoms with Crippen LogP contribution in [0.4, 0.5) is 9.52 Å². The van der Waals surface area contributed by atoms with Crippen molar-refractivity contribution in [2.75, 3.05) is 18.4 Å². The average Bonchev–Trinajstić information content (AvgIpc) is 3.16. The number of carbonyl (C=O) groups is 1. The van der Waals surface area contributed by atoms with Crippen LogP contribution in [0, 0.1) is 23.2 Å². The Balaban J connectivity index is 1.67. The van der Waals surface area contributed by atoms with Crippen LogP contribution in [0.3, 0.4) is 0 Å². The predicted octanol–water partition coefficient (Wildman–Crippen LogP) is 2.69. The van der Waals surface area contributed by atoms with Gasteiger partial charge in [-0.25, -0.2) is 9.37 Å². The van der Waals surface area contributed by atoms with Gasteiger partial charge in [-0.1, -0.05) is 23.5 Å². The van der Waals surface area contributed by atoms with E-state index in [0.29, 0.717) is 24.6 Å². The Hall–Kier alpha value is -2.46. The third-order valence-corrected chi connectivity index (χ3v) is 4.51. The second-order valence-electron chi connectivity index (χ2n) is 5.06. The Labute approximate surface area is 131 Å². The highest BCUT2D eigenvalue weighted by molar-refractivity contribution is 7.19. The van der Waals surface area contributed by atoms with E-state index in [1.807, 2.05) is 6.19 Å². The first kappa shape index (κ1) is 14.5. The summed E-state index contributed by atoms with van der Waals surface area (Å²) in [4.78, 5) is 18.7. The number of nitrogens with zero attached hydrogens (tertiary/aromatic N) is 3. The van der Waals surface area contributed by atoms with Crippen molar-refractivity contribution in [1.29, 1.82) is 5.26 Å². The maximum Gasteiger partial charge on any atom is 0.231 e. The summed E-state index contributed by atoms with van der Waals surface area (Å²) in [5.74, 6) is -0.627. The van der Waals surface area contributed by atoms with Crippen molar-refractivity contribution in [2.45, 2.75) is 6.42 Å². The first-order valence-corrected chi connectivity index (χ1v) is 7.64.